The van der Waals surface area contributed by atoms with Gasteiger partial charge >= 0.3 is 29.8 Å². The second-order valence-electron chi connectivity index (χ2n) is 9.36. The number of hydrogen-bond donors (Lipinski definition) is 3. The van der Waals surface area contributed by atoms with Crippen LogP contribution in [0.2, 0.25) is 0 Å². The minimum absolute atomic E-state index is 0.0222. The van der Waals surface area contributed by atoms with Crippen LogP contribution in [-0.4, -0.2) is 92.2 Å². The lowest BCUT2D eigenvalue weighted by atomic mass is 10.1. The third-order valence-corrected chi connectivity index (χ3v) is 8.59. The van der Waals surface area contributed by atoms with Crippen LogP contribution >= 0.6 is 67.8 Å². The Hall–Kier alpha value is -2.83. The third kappa shape index (κ3) is 13.9. The van der Waals surface area contributed by atoms with Crippen molar-refractivity contribution in [3.63, 3.8) is 0 Å². The predicted molar refractivity (Wildman–Crippen MR) is 183 cm³/mol. The molecule has 1 atom stereocenters. The van der Waals surface area contributed by atoms with Crippen molar-refractivity contribution in [2.24, 2.45) is 0 Å². The van der Waals surface area contributed by atoms with Crippen molar-refractivity contribution in [3.05, 3.63) is 21.8 Å². The maximum absolute atomic E-state index is 13.7. The maximum Gasteiger partial charge on any atom is 0.303 e. The first-order valence-corrected chi connectivity index (χ1v) is 16.4. The average Bonchev–Trinajstić information content (AvgIpc) is 2.93. The van der Waals surface area contributed by atoms with Gasteiger partial charge in [-0.15, -0.1) is 0 Å². The fourth-order valence-corrected chi connectivity index (χ4v) is 7.77. The Balaban J connectivity index is 3.73. The Morgan fingerprint density at radius 1 is 0.565 bits per heavy atom. The van der Waals surface area contributed by atoms with E-state index in [9.17, 15) is 38.4 Å². The van der Waals surface area contributed by atoms with Gasteiger partial charge in [0.05, 0.1) is 36.0 Å². The highest BCUT2D eigenvalue weighted by molar-refractivity contribution is 14.1. The molecule has 0 aliphatic rings. The van der Waals surface area contributed by atoms with Gasteiger partial charge in [0.2, 0.25) is 0 Å². The van der Waals surface area contributed by atoms with Gasteiger partial charge in [0.1, 0.15) is 26.4 Å². The fourth-order valence-electron chi connectivity index (χ4n) is 3.35. The van der Waals surface area contributed by atoms with Crippen molar-refractivity contribution in [2.75, 3.05) is 31.7 Å². The predicted octanol–water partition coefficient (Wildman–Crippen LogP) is 1.84. The monoisotopic (exact) mass is 987 g/mol. The molecule has 254 valence electrons. The highest BCUT2D eigenvalue weighted by Crippen LogP contribution is 2.36. The molecule has 0 saturated heterocycles. The van der Waals surface area contributed by atoms with Crippen LogP contribution in [0.1, 0.15) is 62.3 Å². The summed E-state index contributed by atoms with van der Waals surface area (Å²) in [5.41, 5.74) is -0.155. The van der Waals surface area contributed by atoms with Crippen LogP contribution in [0.25, 0.3) is 0 Å². The molecule has 46 heavy (non-hydrogen) atoms. The van der Waals surface area contributed by atoms with Crippen LogP contribution in [-0.2, 0) is 52.5 Å². The van der Waals surface area contributed by atoms with Crippen LogP contribution in [0.5, 0.6) is 0 Å². The highest BCUT2D eigenvalue weighted by atomic mass is 127. The number of ether oxygens (including phenoxy) is 5. The summed E-state index contributed by atoms with van der Waals surface area (Å²) in [7, 11) is 0. The first kappa shape index (κ1) is 41.2. The van der Waals surface area contributed by atoms with Gasteiger partial charge in [-0.3, -0.25) is 38.4 Å². The lowest BCUT2D eigenvalue weighted by Crippen LogP contribution is -2.44. The summed E-state index contributed by atoms with van der Waals surface area (Å²) in [4.78, 5) is 97.5. The van der Waals surface area contributed by atoms with Crippen LogP contribution in [0.15, 0.2) is 0 Å². The molecule has 1 unspecified atom stereocenters. The normalized spacial score (nSPS) is 11.2. The van der Waals surface area contributed by atoms with Crippen molar-refractivity contribution in [1.29, 1.82) is 0 Å². The molecule has 0 spiro atoms. The highest BCUT2D eigenvalue weighted by Gasteiger charge is 2.32. The smallest absolute Gasteiger partial charge is 0.303 e. The molecule has 0 aliphatic carbocycles. The van der Waals surface area contributed by atoms with Gasteiger partial charge in [-0.05, 0) is 74.7 Å². The minimum Gasteiger partial charge on any atom is -0.464 e. The maximum atomic E-state index is 13.7. The lowest BCUT2D eigenvalue weighted by molar-refractivity contribution is -0.150. The SMILES string of the molecule is CC(=O)OCC(COC(C)=O)NC(=O)c1c(I)c(NC(=O)C(C)OC(C)=O)c(I)c(C(=O)NC(COC(C)=O)COC(C)=O)c1I. The van der Waals surface area contributed by atoms with Gasteiger partial charge < -0.3 is 39.6 Å². The van der Waals surface area contributed by atoms with E-state index < -0.39 is 65.8 Å². The van der Waals surface area contributed by atoms with Gasteiger partial charge in [-0.1, -0.05) is 0 Å². The van der Waals surface area contributed by atoms with Crippen LogP contribution in [0.4, 0.5) is 5.69 Å². The molecule has 3 amide bonds. The van der Waals surface area contributed by atoms with Crippen molar-refractivity contribution in [3.8, 4) is 0 Å². The van der Waals surface area contributed by atoms with Gasteiger partial charge in [-0.25, -0.2) is 0 Å². The Bertz CT molecular complexity index is 1270. The second-order valence-corrected chi connectivity index (χ2v) is 12.6. The first-order chi connectivity index (χ1) is 21.3. The molecule has 1 aromatic carbocycles. The molecule has 3 N–H and O–H groups in total. The number of hydrogen-bond acceptors (Lipinski definition) is 13. The van der Waals surface area contributed by atoms with E-state index >= 15 is 0 Å². The molecule has 0 bridgehead atoms. The molecule has 0 heterocycles. The summed E-state index contributed by atoms with van der Waals surface area (Å²) in [5.74, 6) is -5.66. The molecule has 0 aliphatic heterocycles. The van der Waals surface area contributed by atoms with Gasteiger partial charge in [0, 0.05) is 38.2 Å². The molecule has 19 heteroatoms. The molecule has 0 saturated carbocycles. The Morgan fingerprint density at radius 3 is 1.17 bits per heavy atom. The van der Waals surface area contributed by atoms with E-state index in [2.05, 4.69) is 16.0 Å². The van der Waals surface area contributed by atoms with Crippen molar-refractivity contribution < 1.29 is 62.0 Å². The van der Waals surface area contributed by atoms with Crippen molar-refractivity contribution >= 4 is 121 Å². The van der Waals surface area contributed by atoms with Gasteiger partial charge in [-0.2, -0.15) is 0 Å². The summed E-state index contributed by atoms with van der Waals surface area (Å²) >= 11 is 5.36. The molecule has 0 radical (unpaired) electrons. The van der Waals surface area contributed by atoms with Crippen molar-refractivity contribution in [2.45, 2.75) is 59.7 Å². The number of anilines is 1. The molecule has 1 aromatic rings. The standard InChI is InChI=1S/C27H32I3N3O13/c1-11(46-16(6)38)25(39)33-24-22(29)19(26(40)31-17(7-42-12(2)34)8-43-13(3)35)21(28)20(23(24)30)27(41)32-18(9-44-14(4)36)10-45-15(5)37/h11,17-18H,7-10H2,1-6H3,(H,31,40)(H,32,41)(H,33,39). The number of amides is 3. The van der Waals surface area contributed by atoms with E-state index in [4.69, 9.17) is 23.7 Å². The van der Waals surface area contributed by atoms with E-state index in [0.29, 0.717) is 0 Å². The van der Waals surface area contributed by atoms with E-state index in [1.165, 1.54) is 6.92 Å². The van der Waals surface area contributed by atoms with Crippen LogP contribution in [0, 0.1) is 10.7 Å². The zero-order chi connectivity index (χ0) is 35.3. The quantitative estimate of drug-likeness (QED) is 0.130. The molecule has 16 nitrogen and oxygen atoms in total. The average molecular weight is 987 g/mol. The molecule has 0 aromatic heterocycles. The van der Waals surface area contributed by atoms with Crippen LogP contribution < -0.4 is 16.0 Å². The molecular formula is C27H32I3N3O13. The fraction of sp³-hybridized carbons (Fsp3) is 0.481. The second kappa shape index (κ2) is 19.7. The topological polar surface area (TPSA) is 219 Å². The summed E-state index contributed by atoms with van der Waals surface area (Å²) in [6.07, 6.45) is -1.24. The van der Waals surface area contributed by atoms with E-state index in [-0.39, 0.29) is 54.0 Å². The molecule has 0 fully saturated rings. The van der Waals surface area contributed by atoms with E-state index in [0.717, 1.165) is 34.6 Å². The molecule has 1 rings (SSSR count). The Kier molecular flexibility index (Phi) is 17.7. The number of rotatable bonds is 15. The van der Waals surface area contributed by atoms with Gasteiger partial charge in [0.25, 0.3) is 17.7 Å². The lowest BCUT2D eigenvalue weighted by Gasteiger charge is -2.24. The Morgan fingerprint density at radius 2 is 0.891 bits per heavy atom. The number of halogens is 3. The van der Waals surface area contributed by atoms with E-state index in [1.807, 2.05) is 0 Å². The summed E-state index contributed by atoms with van der Waals surface area (Å²) < 4.78 is 25.4. The van der Waals surface area contributed by atoms with Gasteiger partial charge in [0.15, 0.2) is 6.10 Å². The number of carbonyl (C=O) groups excluding carboxylic acids is 8. The summed E-state index contributed by atoms with van der Waals surface area (Å²) in [6, 6.07) is -2.00. The number of carbonyl (C=O) groups is 8. The largest absolute Gasteiger partial charge is 0.464 e. The number of benzene rings is 1. The summed E-state index contributed by atoms with van der Waals surface area (Å²) in [6.45, 7) is 5.67. The zero-order valence-corrected chi connectivity index (χ0v) is 32.0. The minimum atomic E-state index is -1.24. The first-order valence-electron chi connectivity index (χ1n) is 13.2. The van der Waals surface area contributed by atoms with Crippen molar-refractivity contribution in [1.82, 2.24) is 10.6 Å². The zero-order valence-electron chi connectivity index (χ0n) is 25.5. The van der Waals surface area contributed by atoms with E-state index in [1.54, 1.807) is 67.8 Å². The summed E-state index contributed by atoms with van der Waals surface area (Å²) in [5, 5.41) is 7.82. The number of nitrogens with one attached hydrogen (secondary N) is 3. The number of esters is 5. The van der Waals surface area contributed by atoms with Crippen LogP contribution in [0.3, 0.4) is 0 Å². The Labute approximate surface area is 304 Å². The third-order valence-electron chi connectivity index (χ3n) is 5.35. The molecular weight excluding hydrogens is 955 g/mol.